The number of likely N-dealkylation sites (N-methyl/N-ethyl adjacent to an activating group) is 1. The van der Waals surface area contributed by atoms with Gasteiger partial charge in [-0.05, 0) is 13.0 Å². The average molecular weight is 269 g/mol. The minimum atomic E-state index is -0.0839. The number of hydrogen-bond acceptors (Lipinski definition) is 4. The standard InChI is InChI=1S/C14H15N5O/c1-2-16-12(20)8-19-13-9-5-3-4-6-10(9)17-7-11(13)18-14(19)15/h3-7H,2,8H2,1H3,(H2,15,18)(H,16,20). The van der Waals surface area contributed by atoms with Crippen LogP contribution in [0.15, 0.2) is 30.5 Å². The number of carbonyl (C=O) groups excluding carboxylic acids is 1. The average Bonchev–Trinajstić information content (AvgIpc) is 2.76. The van der Waals surface area contributed by atoms with E-state index in [-0.39, 0.29) is 12.5 Å². The molecular formula is C14H15N5O. The third kappa shape index (κ3) is 1.95. The second kappa shape index (κ2) is 4.80. The van der Waals surface area contributed by atoms with Gasteiger partial charge in [0.15, 0.2) is 0 Å². The molecule has 1 aromatic carbocycles. The van der Waals surface area contributed by atoms with Gasteiger partial charge in [0.1, 0.15) is 12.1 Å². The predicted octanol–water partition coefficient (Wildman–Crippen LogP) is 1.30. The summed E-state index contributed by atoms with van der Waals surface area (Å²) in [7, 11) is 0. The van der Waals surface area contributed by atoms with E-state index in [0.29, 0.717) is 18.0 Å². The zero-order chi connectivity index (χ0) is 14.1. The van der Waals surface area contributed by atoms with Crippen LogP contribution in [0.3, 0.4) is 0 Å². The summed E-state index contributed by atoms with van der Waals surface area (Å²) in [6, 6.07) is 7.74. The van der Waals surface area contributed by atoms with E-state index in [1.165, 1.54) is 0 Å². The number of aromatic nitrogens is 3. The van der Waals surface area contributed by atoms with Crippen LogP contribution in [0.25, 0.3) is 21.9 Å². The number of amides is 1. The second-order valence-electron chi connectivity index (χ2n) is 4.52. The number of nitrogen functional groups attached to an aromatic ring is 1. The van der Waals surface area contributed by atoms with Crippen LogP contribution in [-0.2, 0) is 11.3 Å². The van der Waals surface area contributed by atoms with Crippen LogP contribution in [0.1, 0.15) is 6.92 Å². The first-order valence-electron chi connectivity index (χ1n) is 6.47. The van der Waals surface area contributed by atoms with Gasteiger partial charge in [-0.1, -0.05) is 18.2 Å². The summed E-state index contributed by atoms with van der Waals surface area (Å²) in [4.78, 5) is 20.4. The normalized spacial score (nSPS) is 11.1. The highest BCUT2D eigenvalue weighted by Gasteiger charge is 2.14. The van der Waals surface area contributed by atoms with Gasteiger partial charge >= 0.3 is 0 Å². The number of rotatable bonds is 3. The number of hydrogen-bond donors (Lipinski definition) is 2. The van der Waals surface area contributed by atoms with Gasteiger partial charge in [-0.2, -0.15) is 0 Å². The Morgan fingerprint density at radius 2 is 2.15 bits per heavy atom. The molecule has 0 aliphatic carbocycles. The van der Waals surface area contributed by atoms with Crippen LogP contribution >= 0.6 is 0 Å². The van der Waals surface area contributed by atoms with Gasteiger partial charge in [-0.15, -0.1) is 0 Å². The second-order valence-corrected chi connectivity index (χ2v) is 4.52. The maximum Gasteiger partial charge on any atom is 0.240 e. The molecule has 0 saturated carbocycles. The lowest BCUT2D eigenvalue weighted by molar-refractivity contribution is -0.121. The Hall–Kier alpha value is -2.63. The molecule has 0 bridgehead atoms. The van der Waals surface area contributed by atoms with Gasteiger partial charge in [0, 0.05) is 11.9 Å². The van der Waals surface area contributed by atoms with Gasteiger partial charge in [-0.25, -0.2) is 4.98 Å². The summed E-state index contributed by atoms with van der Waals surface area (Å²) in [5.74, 6) is 0.240. The number of benzene rings is 1. The summed E-state index contributed by atoms with van der Waals surface area (Å²) < 4.78 is 1.73. The SMILES string of the molecule is CCNC(=O)Cn1c(N)nc2cnc3ccccc3c21. The molecule has 0 radical (unpaired) electrons. The molecule has 2 heterocycles. The molecule has 102 valence electrons. The fraction of sp³-hybridized carbons (Fsp3) is 0.214. The van der Waals surface area contributed by atoms with E-state index < -0.39 is 0 Å². The van der Waals surface area contributed by atoms with Crippen molar-refractivity contribution in [3.05, 3.63) is 30.5 Å². The molecule has 3 N–H and O–H groups in total. The minimum absolute atomic E-state index is 0.0839. The molecule has 20 heavy (non-hydrogen) atoms. The Labute approximate surface area is 115 Å². The Morgan fingerprint density at radius 1 is 1.35 bits per heavy atom. The first-order valence-corrected chi connectivity index (χ1v) is 6.47. The van der Waals surface area contributed by atoms with E-state index in [0.717, 1.165) is 16.4 Å². The van der Waals surface area contributed by atoms with E-state index >= 15 is 0 Å². The van der Waals surface area contributed by atoms with Crippen molar-refractivity contribution in [1.82, 2.24) is 19.9 Å². The van der Waals surface area contributed by atoms with Crippen molar-refractivity contribution in [3.8, 4) is 0 Å². The van der Waals surface area contributed by atoms with Crippen molar-refractivity contribution >= 4 is 33.8 Å². The lowest BCUT2D eigenvalue weighted by Crippen LogP contribution is -2.27. The fourth-order valence-corrected chi connectivity index (χ4v) is 2.34. The summed E-state index contributed by atoms with van der Waals surface area (Å²) in [6.07, 6.45) is 1.68. The van der Waals surface area contributed by atoms with E-state index in [2.05, 4.69) is 15.3 Å². The van der Waals surface area contributed by atoms with Crippen molar-refractivity contribution in [3.63, 3.8) is 0 Å². The predicted molar refractivity (Wildman–Crippen MR) is 78.1 cm³/mol. The van der Waals surface area contributed by atoms with Crippen LogP contribution in [0.5, 0.6) is 0 Å². The molecule has 6 nitrogen and oxygen atoms in total. The molecule has 0 atom stereocenters. The molecule has 0 fully saturated rings. The summed E-state index contributed by atoms with van der Waals surface area (Å²) >= 11 is 0. The fourth-order valence-electron chi connectivity index (χ4n) is 2.34. The zero-order valence-electron chi connectivity index (χ0n) is 11.1. The van der Waals surface area contributed by atoms with Crippen molar-refractivity contribution in [2.75, 3.05) is 12.3 Å². The highest BCUT2D eigenvalue weighted by atomic mass is 16.1. The Kier molecular flexibility index (Phi) is 2.98. The highest BCUT2D eigenvalue weighted by molar-refractivity contribution is 6.03. The number of nitrogens with two attached hydrogens (primary N) is 1. The number of nitrogens with zero attached hydrogens (tertiary/aromatic N) is 3. The lowest BCUT2D eigenvalue weighted by Gasteiger charge is -2.08. The molecule has 2 aromatic heterocycles. The molecule has 0 unspecified atom stereocenters. The van der Waals surface area contributed by atoms with Crippen LogP contribution in [0.4, 0.5) is 5.95 Å². The molecule has 3 aromatic rings. The molecule has 1 amide bonds. The van der Waals surface area contributed by atoms with Gasteiger partial charge in [0.2, 0.25) is 11.9 Å². The van der Waals surface area contributed by atoms with Crippen molar-refractivity contribution in [2.45, 2.75) is 13.5 Å². The van der Waals surface area contributed by atoms with Gasteiger partial charge in [0.05, 0.1) is 17.2 Å². The molecule has 6 heteroatoms. The highest BCUT2D eigenvalue weighted by Crippen LogP contribution is 2.25. The Morgan fingerprint density at radius 3 is 2.95 bits per heavy atom. The number of carbonyl (C=O) groups is 1. The largest absolute Gasteiger partial charge is 0.369 e. The third-order valence-corrected chi connectivity index (χ3v) is 3.18. The lowest BCUT2D eigenvalue weighted by atomic mass is 10.2. The molecule has 0 aliphatic rings. The maximum absolute atomic E-state index is 11.8. The first-order chi connectivity index (χ1) is 9.70. The first kappa shape index (κ1) is 12.4. The van der Waals surface area contributed by atoms with Crippen LogP contribution < -0.4 is 11.1 Å². The van der Waals surface area contributed by atoms with Gasteiger partial charge < -0.3 is 15.6 Å². The monoisotopic (exact) mass is 269 g/mol. The van der Waals surface area contributed by atoms with Crippen molar-refractivity contribution < 1.29 is 4.79 Å². The molecular weight excluding hydrogens is 254 g/mol. The van der Waals surface area contributed by atoms with E-state index in [4.69, 9.17) is 5.73 Å². The van der Waals surface area contributed by atoms with Crippen LogP contribution in [0.2, 0.25) is 0 Å². The molecule has 0 spiro atoms. The molecule has 0 aliphatic heterocycles. The maximum atomic E-state index is 11.8. The smallest absolute Gasteiger partial charge is 0.240 e. The number of imidazole rings is 1. The summed E-state index contributed by atoms with van der Waals surface area (Å²) in [5.41, 5.74) is 8.34. The van der Waals surface area contributed by atoms with E-state index in [1.807, 2.05) is 31.2 Å². The number of nitrogens with one attached hydrogen (secondary N) is 1. The number of fused-ring (bicyclic) bond motifs is 3. The van der Waals surface area contributed by atoms with E-state index in [1.54, 1.807) is 10.8 Å². The number of para-hydroxylation sites is 1. The third-order valence-electron chi connectivity index (χ3n) is 3.18. The minimum Gasteiger partial charge on any atom is -0.369 e. The van der Waals surface area contributed by atoms with Crippen LogP contribution in [0, 0.1) is 0 Å². The Balaban J connectivity index is 2.22. The van der Waals surface area contributed by atoms with Crippen molar-refractivity contribution in [1.29, 1.82) is 0 Å². The van der Waals surface area contributed by atoms with Crippen LogP contribution in [-0.4, -0.2) is 27.0 Å². The number of pyridine rings is 1. The number of anilines is 1. The zero-order valence-corrected chi connectivity index (χ0v) is 11.1. The van der Waals surface area contributed by atoms with Gasteiger partial charge in [0.25, 0.3) is 0 Å². The quantitative estimate of drug-likeness (QED) is 0.750. The Bertz CT molecular complexity index is 793. The summed E-state index contributed by atoms with van der Waals surface area (Å²) in [5, 5.41) is 3.71. The van der Waals surface area contributed by atoms with E-state index in [9.17, 15) is 4.79 Å². The van der Waals surface area contributed by atoms with Gasteiger partial charge in [-0.3, -0.25) is 9.78 Å². The molecule has 0 saturated heterocycles. The topological polar surface area (TPSA) is 85.8 Å². The summed E-state index contributed by atoms with van der Waals surface area (Å²) in [6.45, 7) is 2.63. The van der Waals surface area contributed by atoms with Crippen molar-refractivity contribution in [2.24, 2.45) is 0 Å². The molecule has 3 rings (SSSR count).